The van der Waals surface area contributed by atoms with Crippen molar-refractivity contribution in [2.45, 2.75) is 13.8 Å². The molecule has 0 bridgehead atoms. The van der Waals surface area contributed by atoms with E-state index in [9.17, 15) is 0 Å². The third-order valence-corrected chi connectivity index (χ3v) is 5.82. The monoisotopic (exact) mass is 331 g/mol. The molecule has 0 amide bonds. The molecule has 122 valence electrons. The molecule has 1 heteroatoms. The molecule has 5 aromatic carbocycles. The second-order valence-electron chi connectivity index (χ2n) is 7.29. The minimum absolute atomic E-state index is 1.07. The number of benzene rings is 5. The molecule has 0 saturated heterocycles. The van der Waals surface area contributed by atoms with E-state index in [1.54, 1.807) is 0 Å². The number of aromatic nitrogens is 1. The van der Waals surface area contributed by atoms with E-state index in [2.05, 4.69) is 80.6 Å². The minimum atomic E-state index is 1.07. The van der Waals surface area contributed by atoms with Gasteiger partial charge in [0.1, 0.15) is 0 Å². The summed E-state index contributed by atoms with van der Waals surface area (Å²) in [5, 5.41) is 11.8. The number of rotatable bonds is 0. The first-order chi connectivity index (χ1) is 12.7. The zero-order chi connectivity index (χ0) is 17.4. The molecular weight excluding hydrogens is 314 g/mol. The van der Waals surface area contributed by atoms with Crippen LogP contribution in [0.15, 0.2) is 66.7 Å². The minimum Gasteiger partial charge on any atom is -0.252 e. The predicted octanol–water partition coefficient (Wildman–Crippen LogP) is 6.90. The number of nitrogens with zero attached hydrogens (tertiary/aromatic N) is 1. The molecular formula is C25H17N. The molecule has 1 heterocycles. The van der Waals surface area contributed by atoms with Crippen molar-refractivity contribution in [1.82, 2.24) is 4.98 Å². The first-order valence-electron chi connectivity index (χ1n) is 9.09. The molecule has 26 heavy (non-hydrogen) atoms. The molecule has 0 unspecified atom stereocenters. The van der Waals surface area contributed by atoms with Gasteiger partial charge in [-0.2, -0.15) is 0 Å². The van der Waals surface area contributed by atoms with Crippen molar-refractivity contribution in [3.8, 4) is 0 Å². The van der Waals surface area contributed by atoms with Gasteiger partial charge >= 0.3 is 0 Å². The van der Waals surface area contributed by atoms with Gasteiger partial charge in [-0.05, 0) is 63.2 Å². The van der Waals surface area contributed by atoms with Crippen molar-refractivity contribution >= 4 is 54.0 Å². The molecule has 0 radical (unpaired) electrons. The standard InChI is InChI=1S/C25H17N/c1-14-13-16-7-5-10-20-21-12-6-11-19-18-9-4-3-8-17(18)15(2)22(24(19)21)25(26-14)23(16)20/h3-13H,1-2H3. The Morgan fingerprint density at radius 2 is 1.19 bits per heavy atom. The lowest BCUT2D eigenvalue weighted by molar-refractivity contribution is 1.27. The van der Waals surface area contributed by atoms with E-state index in [4.69, 9.17) is 4.98 Å². The van der Waals surface area contributed by atoms with Crippen molar-refractivity contribution in [2.24, 2.45) is 0 Å². The molecule has 0 aliphatic heterocycles. The average molecular weight is 331 g/mol. The zero-order valence-corrected chi connectivity index (χ0v) is 14.8. The number of fused-ring (bicyclic) bond motifs is 4. The maximum atomic E-state index is 5.02. The fraction of sp³-hybridized carbons (Fsp3) is 0.0800. The van der Waals surface area contributed by atoms with Gasteiger partial charge in [0.2, 0.25) is 0 Å². The average Bonchev–Trinajstić information content (AvgIpc) is 2.67. The third-order valence-electron chi connectivity index (χ3n) is 5.82. The molecule has 0 aliphatic carbocycles. The van der Waals surface area contributed by atoms with Crippen LogP contribution in [0.3, 0.4) is 0 Å². The van der Waals surface area contributed by atoms with Crippen LogP contribution in [-0.2, 0) is 0 Å². The van der Waals surface area contributed by atoms with E-state index in [1.165, 1.54) is 54.0 Å². The van der Waals surface area contributed by atoms with Crippen molar-refractivity contribution in [3.05, 3.63) is 78.0 Å². The van der Waals surface area contributed by atoms with Crippen LogP contribution in [0.5, 0.6) is 0 Å². The largest absolute Gasteiger partial charge is 0.252 e. The fourth-order valence-corrected chi connectivity index (χ4v) is 4.78. The first kappa shape index (κ1) is 14.0. The van der Waals surface area contributed by atoms with Gasteiger partial charge in [-0.15, -0.1) is 0 Å². The van der Waals surface area contributed by atoms with E-state index in [0.717, 1.165) is 11.2 Å². The van der Waals surface area contributed by atoms with E-state index in [-0.39, 0.29) is 0 Å². The van der Waals surface area contributed by atoms with Crippen LogP contribution in [0.1, 0.15) is 11.3 Å². The summed E-state index contributed by atoms with van der Waals surface area (Å²) in [4.78, 5) is 5.02. The van der Waals surface area contributed by atoms with Crippen LogP contribution < -0.4 is 0 Å². The summed E-state index contributed by atoms with van der Waals surface area (Å²) in [6.45, 7) is 4.34. The SMILES string of the molecule is Cc1cc2cccc3c4cccc5c6ccccc6c(C)c(c(n1)c23)c54. The van der Waals surface area contributed by atoms with Crippen molar-refractivity contribution in [2.75, 3.05) is 0 Å². The topological polar surface area (TPSA) is 12.9 Å². The molecule has 6 aromatic rings. The summed E-state index contributed by atoms with van der Waals surface area (Å²) >= 11 is 0. The lowest BCUT2D eigenvalue weighted by atomic mass is 9.87. The van der Waals surface area contributed by atoms with Crippen LogP contribution in [0, 0.1) is 13.8 Å². The highest BCUT2D eigenvalue weighted by Gasteiger charge is 2.18. The fourth-order valence-electron chi connectivity index (χ4n) is 4.78. The van der Waals surface area contributed by atoms with Crippen molar-refractivity contribution in [1.29, 1.82) is 0 Å². The first-order valence-corrected chi connectivity index (χ1v) is 9.09. The number of hydrogen-bond acceptors (Lipinski definition) is 1. The van der Waals surface area contributed by atoms with Crippen LogP contribution in [0.25, 0.3) is 54.0 Å². The Morgan fingerprint density at radius 3 is 2.00 bits per heavy atom. The second kappa shape index (κ2) is 4.70. The summed E-state index contributed by atoms with van der Waals surface area (Å²) in [7, 11) is 0. The molecule has 1 nitrogen and oxygen atoms in total. The predicted molar refractivity (Wildman–Crippen MR) is 112 cm³/mol. The van der Waals surface area contributed by atoms with Gasteiger partial charge in [-0.3, -0.25) is 4.98 Å². The van der Waals surface area contributed by atoms with Crippen LogP contribution >= 0.6 is 0 Å². The van der Waals surface area contributed by atoms with Crippen LogP contribution in [0.2, 0.25) is 0 Å². The normalized spacial score (nSPS) is 12.2. The number of hydrogen-bond donors (Lipinski definition) is 0. The Kier molecular flexibility index (Phi) is 2.54. The van der Waals surface area contributed by atoms with Gasteiger partial charge in [-0.1, -0.05) is 60.7 Å². The summed E-state index contributed by atoms with van der Waals surface area (Å²) in [6, 6.07) is 24.3. The van der Waals surface area contributed by atoms with E-state index in [1.807, 2.05) is 0 Å². The van der Waals surface area contributed by atoms with E-state index < -0.39 is 0 Å². The van der Waals surface area contributed by atoms with Gasteiger partial charge in [0, 0.05) is 16.5 Å². The molecule has 0 spiro atoms. The highest BCUT2D eigenvalue weighted by atomic mass is 14.7. The molecule has 0 N–H and O–H groups in total. The second-order valence-corrected chi connectivity index (χ2v) is 7.29. The summed E-state index contributed by atoms with van der Waals surface area (Å²) in [5.74, 6) is 0. The summed E-state index contributed by atoms with van der Waals surface area (Å²) in [6.07, 6.45) is 0. The van der Waals surface area contributed by atoms with E-state index in [0.29, 0.717) is 0 Å². The van der Waals surface area contributed by atoms with Crippen molar-refractivity contribution in [3.63, 3.8) is 0 Å². The van der Waals surface area contributed by atoms with E-state index >= 15 is 0 Å². The highest BCUT2D eigenvalue weighted by Crippen LogP contribution is 2.43. The molecule has 0 fully saturated rings. The zero-order valence-electron chi connectivity index (χ0n) is 14.8. The third kappa shape index (κ3) is 1.58. The van der Waals surface area contributed by atoms with Gasteiger partial charge < -0.3 is 0 Å². The maximum Gasteiger partial charge on any atom is 0.0799 e. The number of pyridine rings is 1. The summed E-state index contributed by atoms with van der Waals surface area (Å²) < 4.78 is 0. The Balaban J connectivity index is 2.12. The van der Waals surface area contributed by atoms with Crippen LogP contribution in [-0.4, -0.2) is 4.98 Å². The highest BCUT2D eigenvalue weighted by molar-refractivity contribution is 6.36. The molecule has 0 atom stereocenters. The van der Waals surface area contributed by atoms with Gasteiger partial charge in [-0.25, -0.2) is 0 Å². The Labute approximate surface area is 151 Å². The molecule has 0 aliphatic rings. The Morgan fingerprint density at radius 1 is 0.577 bits per heavy atom. The number of aryl methyl sites for hydroxylation is 2. The molecule has 0 saturated carbocycles. The summed E-state index contributed by atoms with van der Waals surface area (Å²) in [5.41, 5.74) is 3.54. The van der Waals surface area contributed by atoms with Gasteiger partial charge in [0.05, 0.1) is 5.52 Å². The van der Waals surface area contributed by atoms with Crippen LogP contribution in [0.4, 0.5) is 0 Å². The Bertz CT molecular complexity index is 1490. The Hall–Kier alpha value is -3.19. The molecule has 6 rings (SSSR count). The van der Waals surface area contributed by atoms with Gasteiger partial charge in [0.25, 0.3) is 0 Å². The maximum absolute atomic E-state index is 5.02. The van der Waals surface area contributed by atoms with Gasteiger partial charge in [0.15, 0.2) is 0 Å². The quantitative estimate of drug-likeness (QED) is 0.218. The smallest absolute Gasteiger partial charge is 0.0799 e. The van der Waals surface area contributed by atoms with Crippen molar-refractivity contribution < 1.29 is 0 Å². The lowest BCUT2D eigenvalue weighted by Gasteiger charge is -2.18. The molecule has 1 aromatic heterocycles. The lowest BCUT2D eigenvalue weighted by Crippen LogP contribution is -1.94.